The fourth-order valence-corrected chi connectivity index (χ4v) is 4.65. The Morgan fingerprint density at radius 1 is 1.00 bits per heavy atom. The predicted octanol–water partition coefficient (Wildman–Crippen LogP) is 4.30. The van der Waals surface area contributed by atoms with Crippen molar-refractivity contribution >= 4 is 6.09 Å². The van der Waals surface area contributed by atoms with Crippen LogP contribution in [0.4, 0.5) is 4.79 Å². The molecule has 9 heteroatoms. The lowest BCUT2D eigenvalue weighted by Gasteiger charge is -2.30. The Hall–Kier alpha value is -3.85. The normalized spacial score (nSPS) is 14.1. The summed E-state index contributed by atoms with van der Waals surface area (Å²) in [4.78, 5) is 40.1. The SMILES string of the molecule is COc1c(-c2ccc3c(c2)CCN(NC(=O)OC(C)(C)C)C3)cc(-n2c(=O)cc[nH]c2=O)cc1C(C)(C)C. The molecule has 1 aromatic heterocycles. The van der Waals surface area contributed by atoms with E-state index in [1.807, 2.05) is 50.0 Å². The van der Waals surface area contributed by atoms with Gasteiger partial charge in [-0.05, 0) is 61.4 Å². The van der Waals surface area contributed by atoms with Crippen LogP contribution in [0.15, 0.2) is 52.2 Å². The summed E-state index contributed by atoms with van der Waals surface area (Å²) >= 11 is 0. The Labute approximate surface area is 222 Å². The summed E-state index contributed by atoms with van der Waals surface area (Å²) in [5.74, 6) is 0.700. The van der Waals surface area contributed by atoms with Crippen LogP contribution in [0, 0.1) is 0 Å². The molecule has 1 aliphatic rings. The van der Waals surface area contributed by atoms with Crippen molar-refractivity contribution in [1.29, 1.82) is 0 Å². The number of amides is 1. The number of fused-ring (bicyclic) bond motifs is 1. The van der Waals surface area contributed by atoms with Gasteiger partial charge in [0.05, 0.1) is 12.8 Å². The highest BCUT2D eigenvalue weighted by molar-refractivity contribution is 5.76. The zero-order chi connectivity index (χ0) is 27.8. The number of nitrogens with zero attached hydrogens (tertiary/aromatic N) is 2. The molecule has 0 saturated heterocycles. The minimum Gasteiger partial charge on any atom is -0.496 e. The van der Waals surface area contributed by atoms with Gasteiger partial charge in [-0.3, -0.25) is 10.2 Å². The molecule has 0 radical (unpaired) electrons. The Kier molecular flexibility index (Phi) is 7.25. The third kappa shape index (κ3) is 5.83. The van der Waals surface area contributed by atoms with Crippen LogP contribution >= 0.6 is 0 Å². The predicted molar refractivity (Wildman–Crippen MR) is 147 cm³/mol. The van der Waals surface area contributed by atoms with Crippen molar-refractivity contribution in [3.8, 4) is 22.6 Å². The van der Waals surface area contributed by atoms with Crippen LogP contribution in [-0.4, -0.2) is 39.9 Å². The van der Waals surface area contributed by atoms with Crippen molar-refractivity contribution in [3.63, 3.8) is 0 Å². The van der Waals surface area contributed by atoms with Crippen LogP contribution < -0.4 is 21.4 Å². The van der Waals surface area contributed by atoms with E-state index in [0.717, 1.165) is 38.8 Å². The van der Waals surface area contributed by atoms with Crippen molar-refractivity contribution < 1.29 is 14.3 Å². The second-order valence-corrected chi connectivity index (χ2v) is 11.5. The molecule has 9 nitrogen and oxygen atoms in total. The maximum atomic E-state index is 12.6. The van der Waals surface area contributed by atoms with E-state index in [-0.39, 0.29) is 5.41 Å². The van der Waals surface area contributed by atoms with Crippen molar-refractivity contribution in [1.82, 2.24) is 20.0 Å². The molecule has 2 heterocycles. The minimum atomic E-state index is -0.568. The van der Waals surface area contributed by atoms with E-state index in [4.69, 9.17) is 9.47 Å². The second-order valence-electron chi connectivity index (χ2n) is 11.5. The summed E-state index contributed by atoms with van der Waals surface area (Å²) in [6, 6.07) is 11.2. The Bertz CT molecular complexity index is 1450. The Morgan fingerprint density at radius 2 is 1.74 bits per heavy atom. The first kappa shape index (κ1) is 27.2. The molecule has 2 aromatic carbocycles. The van der Waals surface area contributed by atoms with Gasteiger partial charge in [-0.2, -0.15) is 0 Å². The van der Waals surface area contributed by atoms with Crippen molar-refractivity contribution in [3.05, 3.63) is 80.1 Å². The number of benzene rings is 2. The molecule has 0 saturated carbocycles. The van der Waals surface area contributed by atoms with Crippen LogP contribution in [0.3, 0.4) is 0 Å². The van der Waals surface area contributed by atoms with E-state index in [1.165, 1.54) is 12.3 Å². The Balaban J connectivity index is 1.75. The van der Waals surface area contributed by atoms with Crippen LogP contribution in [0.2, 0.25) is 0 Å². The maximum absolute atomic E-state index is 12.6. The monoisotopic (exact) mass is 520 g/mol. The van der Waals surface area contributed by atoms with E-state index in [9.17, 15) is 14.4 Å². The molecule has 0 fully saturated rings. The van der Waals surface area contributed by atoms with E-state index in [2.05, 4.69) is 37.2 Å². The van der Waals surface area contributed by atoms with E-state index >= 15 is 0 Å². The number of methoxy groups -OCH3 is 1. The number of nitrogens with one attached hydrogen (secondary N) is 2. The lowest BCUT2D eigenvalue weighted by Crippen LogP contribution is -2.46. The third-order valence-electron chi connectivity index (χ3n) is 6.38. The topological polar surface area (TPSA) is 106 Å². The molecule has 1 aliphatic heterocycles. The molecule has 3 aromatic rings. The van der Waals surface area contributed by atoms with Crippen LogP contribution in [0.25, 0.3) is 16.8 Å². The standard InChI is InChI=1S/C29H36N4O5/c1-28(2,3)23-16-21(33-24(34)10-12-30-26(33)35)15-22(25(23)37-7)19-8-9-20-17-32(13-11-18(20)14-19)31-27(36)38-29(4,5)6/h8-10,12,14-16H,11,13,17H2,1-7H3,(H,30,35)(H,31,36). The number of ether oxygens (including phenoxy) is 2. The number of carbonyl (C=O) groups excluding carboxylic acids is 1. The quantitative estimate of drug-likeness (QED) is 0.532. The zero-order valence-electron chi connectivity index (χ0n) is 23.1. The van der Waals surface area contributed by atoms with Gasteiger partial charge in [0.15, 0.2) is 0 Å². The number of hydrazine groups is 1. The fraction of sp³-hybridized carbons (Fsp3) is 0.414. The molecule has 4 rings (SSSR count). The van der Waals surface area contributed by atoms with Gasteiger partial charge in [0, 0.05) is 36.5 Å². The van der Waals surface area contributed by atoms with Crippen molar-refractivity contribution in [2.45, 2.75) is 65.5 Å². The average Bonchev–Trinajstić information content (AvgIpc) is 2.81. The molecule has 38 heavy (non-hydrogen) atoms. The van der Waals surface area contributed by atoms with Gasteiger partial charge in [-0.25, -0.2) is 19.2 Å². The highest BCUT2D eigenvalue weighted by atomic mass is 16.6. The van der Waals surface area contributed by atoms with Gasteiger partial charge in [-0.15, -0.1) is 0 Å². The molecule has 0 atom stereocenters. The number of aromatic amines is 1. The van der Waals surface area contributed by atoms with Crippen molar-refractivity contribution in [2.24, 2.45) is 0 Å². The summed E-state index contributed by atoms with van der Waals surface area (Å²) in [5.41, 5.74) is 6.35. The summed E-state index contributed by atoms with van der Waals surface area (Å²) in [5, 5.41) is 1.85. The molecule has 0 bridgehead atoms. The van der Waals surface area contributed by atoms with E-state index in [1.54, 1.807) is 7.11 Å². The number of hydrogen-bond donors (Lipinski definition) is 2. The Morgan fingerprint density at radius 3 is 2.37 bits per heavy atom. The number of hydrogen-bond acceptors (Lipinski definition) is 6. The van der Waals surface area contributed by atoms with Gasteiger partial charge in [-0.1, -0.05) is 39.0 Å². The first-order chi connectivity index (χ1) is 17.8. The van der Waals surface area contributed by atoms with Crippen LogP contribution in [0.1, 0.15) is 58.2 Å². The van der Waals surface area contributed by atoms with Crippen LogP contribution in [-0.2, 0) is 23.1 Å². The zero-order valence-corrected chi connectivity index (χ0v) is 23.1. The molecule has 2 N–H and O–H groups in total. The molecular weight excluding hydrogens is 484 g/mol. The van der Waals surface area contributed by atoms with Crippen molar-refractivity contribution in [2.75, 3.05) is 13.7 Å². The number of carbonyl (C=O) groups is 1. The lowest BCUT2D eigenvalue weighted by atomic mass is 9.83. The molecule has 202 valence electrons. The third-order valence-corrected chi connectivity index (χ3v) is 6.38. The lowest BCUT2D eigenvalue weighted by molar-refractivity contribution is 0.0306. The summed E-state index contributed by atoms with van der Waals surface area (Å²) in [6.45, 7) is 12.9. The second kappa shape index (κ2) is 10.1. The van der Waals surface area contributed by atoms with Gasteiger partial charge < -0.3 is 14.5 Å². The van der Waals surface area contributed by atoms with Crippen LogP contribution in [0.5, 0.6) is 5.75 Å². The van der Waals surface area contributed by atoms with Gasteiger partial charge in [0.2, 0.25) is 0 Å². The maximum Gasteiger partial charge on any atom is 0.422 e. The fourth-order valence-electron chi connectivity index (χ4n) is 4.65. The van der Waals surface area contributed by atoms with E-state index < -0.39 is 22.9 Å². The first-order valence-corrected chi connectivity index (χ1v) is 12.7. The largest absolute Gasteiger partial charge is 0.496 e. The van der Waals surface area contributed by atoms with Gasteiger partial charge in [0.1, 0.15) is 11.4 Å². The number of rotatable bonds is 4. The number of H-pyrrole nitrogens is 1. The highest BCUT2D eigenvalue weighted by Crippen LogP contribution is 2.41. The molecule has 0 aliphatic carbocycles. The first-order valence-electron chi connectivity index (χ1n) is 12.7. The van der Waals surface area contributed by atoms with Gasteiger partial charge in [0.25, 0.3) is 5.56 Å². The highest BCUT2D eigenvalue weighted by Gasteiger charge is 2.26. The van der Waals surface area contributed by atoms with Gasteiger partial charge >= 0.3 is 11.8 Å². The molecular formula is C29H36N4O5. The summed E-state index contributed by atoms with van der Waals surface area (Å²) < 4.78 is 12.4. The molecule has 0 unspecified atom stereocenters. The average molecular weight is 521 g/mol. The van der Waals surface area contributed by atoms with E-state index in [0.29, 0.717) is 24.5 Å². The summed E-state index contributed by atoms with van der Waals surface area (Å²) in [7, 11) is 1.63. The minimum absolute atomic E-state index is 0.316. The molecule has 1 amide bonds. The smallest absolute Gasteiger partial charge is 0.422 e. The number of aromatic nitrogens is 2. The summed E-state index contributed by atoms with van der Waals surface area (Å²) in [6.07, 6.45) is 1.60. The molecule has 0 spiro atoms.